The van der Waals surface area contributed by atoms with Crippen LogP contribution in [0.1, 0.15) is 36.5 Å². The molecule has 5 heteroatoms. The van der Waals surface area contributed by atoms with Gasteiger partial charge in [-0.15, -0.1) is 12.6 Å². The van der Waals surface area contributed by atoms with Crippen LogP contribution in [0.2, 0.25) is 5.02 Å². The van der Waals surface area contributed by atoms with Crippen LogP contribution in [0.3, 0.4) is 0 Å². The monoisotopic (exact) mass is 299 g/mol. The lowest BCUT2D eigenvalue weighted by atomic mass is 9.98. The summed E-state index contributed by atoms with van der Waals surface area (Å²) >= 11 is 10.3. The SMILES string of the molecule is CC1(O)CCCN(C(=O)c2cc(S)ccc2Cl)CC1. The lowest BCUT2D eigenvalue weighted by Crippen LogP contribution is -2.33. The van der Waals surface area contributed by atoms with Crippen molar-refractivity contribution in [2.45, 2.75) is 36.7 Å². The summed E-state index contributed by atoms with van der Waals surface area (Å²) in [5.41, 5.74) is -0.194. The van der Waals surface area contributed by atoms with Gasteiger partial charge in [-0.2, -0.15) is 0 Å². The zero-order valence-corrected chi connectivity index (χ0v) is 12.5. The van der Waals surface area contributed by atoms with Crippen molar-refractivity contribution in [2.24, 2.45) is 0 Å². The van der Waals surface area contributed by atoms with Gasteiger partial charge in [0.2, 0.25) is 0 Å². The summed E-state index contributed by atoms with van der Waals surface area (Å²) < 4.78 is 0. The lowest BCUT2D eigenvalue weighted by molar-refractivity contribution is 0.0438. The molecule has 1 fully saturated rings. The normalized spacial score (nSPS) is 24.1. The number of likely N-dealkylation sites (tertiary alicyclic amines) is 1. The summed E-state index contributed by atoms with van der Waals surface area (Å²) in [5, 5.41) is 10.5. The second-order valence-electron chi connectivity index (χ2n) is 5.31. The standard InChI is InChI=1S/C14H18ClNO2S/c1-14(18)5-2-7-16(8-6-14)13(17)11-9-10(19)3-4-12(11)15/h3-4,9,18-19H,2,5-8H2,1H3. The van der Waals surface area contributed by atoms with Crippen molar-refractivity contribution >= 4 is 30.1 Å². The third-order valence-corrected chi connectivity index (χ3v) is 4.14. The van der Waals surface area contributed by atoms with Gasteiger partial charge in [0.25, 0.3) is 5.91 Å². The van der Waals surface area contributed by atoms with E-state index in [0.717, 1.165) is 17.7 Å². The Hall–Kier alpha value is -0.710. The largest absolute Gasteiger partial charge is 0.390 e. The van der Waals surface area contributed by atoms with Gasteiger partial charge in [0.1, 0.15) is 0 Å². The van der Waals surface area contributed by atoms with E-state index in [1.54, 1.807) is 23.1 Å². The van der Waals surface area contributed by atoms with Gasteiger partial charge >= 0.3 is 0 Å². The van der Waals surface area contributed by atoms with Gasteiger partial charge in [-0.05, 0) is 44.4 Å². The summed E-state index contributed by atoms with van der Waals surface area (Å²) in [4.78, 5) is 14.9. The van der Waals surface area contributed by atoms with Crippen molar-refractivity contribution in [3.63, 3.8) is 0 Å². The first-order valence-electron chi connectivity index (χ1n) is 6.39. The van der Waals surface area contributed by atoms with Gasteiger partial charge < -0.3 is 10.0 Å². The Bertz CT molecular complexity index is 490. The van der Waals surface area contributed by atoms with E-state index in [1.165, 1.54) is 0 Å². The van der Waals surface area contributed by atoms with Crippen molar-refractivity contribution < 1.29 is 9.90 Å². The average Bonchev–Trinajstić information content (AvgIpc) is 2.52. The quantitative estimate of drug-likeness (QED) is 0.783. The maximum absolute atomic E-state index is 12.5. The van der Waals surface area contributed by atoms with E-state index < -0.39 is 5.60 Å². The number of benzene rings is 1. The second-order valence-corrected chi connectivity index (χ2v) is 6.23. The van der Waals surface area contributed by atoms with Gasteiger partial charge in [0.05, 0.1) is 16.2 Å². The maximum Gasteiger partial charge on any atom is 0.255 e. The van der Waals surface area contributed by atoms with Crippen molar-refractivity contribution in [3.8, 4) is 0 Å². The molecule has 1 unspecified atom stereocenters. The number of thiol groups is 1. The number of aliphatic hydroxyl groups is 1. The molecule has 2 rings (SSSR count). The zero-order valence-electron chi connectivity index (χ0n) is 10.9. The third-order valence-electron chi connectivity index (χ3n) is 3.53. The van der Waals surface area contributed by atoms with Crippen LogP contribution in [0.5, 0.6) is 0 Å². The van der Waals surface area contributed by atoms with E-state index in [1.807, 2.05) is 6.92 Å². The van der Waals surface area contributed by atoms with Gasteiger partial charge in [-0.3, -0.25) is 4.79 Å². The molecule has 0 aliphatic carbocycles. The zero-order chi connectivity index (χ0) is 14.0. The average molecular weight is 300 g/mol. The fourth-order valence-corrected chi connectivity index (χ4v) is 2.72. The fourth-order valence-electron chi connectivity index (χ4n) is 2.31. The second kappa shape index (κ2) is 5.73. The molecule has 1 aliphatic rings. The topological polar surface area (TPSA) is 40.5 Å². The number of carbonyl (C=O) groups is 1. The summed E-state index contributed by atoms with van der Waals surface area (Å²) in [6.07, 6.45) is 2.12. The molecule has 1 aliphatic heterocycles. The molecule has 0 aromatic heterocycles. The Kier molecular flexibility index (Phi) is 4.43. The van der Waals surface area contributed by atoms with E-state index >= 15 is 0 Å². The molecular weight excluding hydrogens is 282 g/mol. The van der Waals surface area contributed by atoms with Crippen LogP contribution in [0.4, 0.5) is 0 Å². The summed E-state index contributed by atoms with van der Waals surface area (Å²) in [7, 11) is 0. The Morgan fingerprint density at radius 3 is 2.89 bits per heavy atom. The highest BCUT2D eigenvalue weighted by Crippen LogP contribution is 2.25. The molecule has 1 N–H and O–H groups in total. The predicted octanol–water partition coefficient (Wildman–Crippen LogP) is 3.01. The minimum Gasteiger partial charge on any atom is -0.390 e. The number of amides is 1. The van der Waals surface area contributed by atoms with E-state index in [2.05, 4.69) is 12.6 Å². The molecule has 0 bridgehead atoms. The molecule has 19 heavy (non-hydrogen) atoms. The molecule has 1 heterocycles. The molecule has 3 nitrogen and oxygen atoms in total. The number of nitrogens with zero attached hydrogens (tertiary/aromatic N) is 1. The third kappa shape index (κ3) is 3.65. The summed E-state index contributed by atoms with van der Waals surface area (Å²) in [6.45, 7) is 3.03. The van der Waals surface area contributed by atoms with Crippen LogP contribution in [-0.2, 0) is 0 Å². The van der Waals surface area contributed by atoms with E-state index in [4.69, 9.17) is 11.6 Å². The van der Waals surface area contributed by atoms with Crippen molar-refractivity contribution in [1.82, 2.24) is 4.90 Å². The van der Waals surface area contributed by atoms with Gasteiger partial charge in [0.15, 0.2) is 0 Å². The molecule has 1 aromatic carbocycles. The van der Waals surface area contributed by atoms with Crippen LogP contribution in [-0.4, -0.2) is 34.6 Å². The molecule has 1 atom stereocenters. The number of hydrogen-bond donors (Lipinski definition) is 2. The smallest absolute Gasteiger partial charge is 0.255 e. The minimum absolute atomic E-state index is 0.0846. The van der Waals surface area contributed by atoms with Crippen molar-refractivity contribution in [3.05, 3.63) is 28.8 Å². The van der Waals surface area contributed by atoms with Crippen LogP contribution in [0.15, 0.2) is 23.1 Å². The maximum atomic E-state index is 12.5. The lowest BCUT2D eigenvalue weighted by Gasteiger charge is -2.23. The molecule has 0 radical (unpaired) electrons. The van der Waals surface area contributed by atoms with Crippen molar-refractivity contribution in [1.29, 1.82) is 0 Å². The van der Waals surface area contributed by atoms with E-state index in [0.29, 0.717) is 30.1 Å². The van der Waals surface area contributed by atoms with Crippen molar-refractivity contribution in [2.75, 3.05) is 13.1 Å². The van der Waals surface area contributed by atoms with Crippen LogP contribution in [0, 0.1) is 0 Å². The highest BCUT2D eigenvalue weighted by molar-refractivity contribution is 7.80. The Labute approximate surface area is 124 Å². The molecule has 1 aromatic rings. The Morgan fingerprint density at radius 2 is 2.16 bits per heavy atom. The molecule has 0 spiro atoms. The minimum atomic E-state index is -0.676. The highest BCUT2D eigenvalue weighted by atomic mass is 35.5. The van der Waals surface area contributed by atoms with Gasteiger partial charge in [0, 0.05) is 18.0 Å². The fraction of sp³-hybridized carbons (Fsp3) is 0.500. The first-order chi connectivity index (χ1) is 8.89. The summed E-state index contributed by atoms with van der Waals surface area (Å²) in [6, 6.07) is 5.14. The van der Waals surface area contributed by atoms with Crippen LogP contribution in [0.25, 0.3) is 0 Å². The molecular formula is C14H18ClNO2S. The number of halogens is 1. The van der Waals surface area contributed by atoms with E-state index in [9.17, 15) is 9.90 Å². The molecule has 1 saturated heterocycles. The Balaban J connectivity index is 2.17. The van der Waals surface area contributed by atoms with Gasteiger partial charge in [-0.1, -0.05) is 11.6 Å². The van der Waals surface area contributed by atoms with E-state index in [-0.39, 0.29) is 5.91 Å². The van der Waals surface area contributed by atoms with Crippen LogP contribution < -0.4 is 0 Å². The predicted molar refractivity (Wildman–Crippen MR) is 79.1 cm³/mol. The first-order valence-corrected chi connectivity index (χ1v) is 7.22. The molecule has 104 valence electrons. The summed E-state index contributed by atoms with van der Waals surface area (Å²) in [5.74, 6) is -0.0846. The highest BCUT2D eigenvalue weighted by Gasteiger charge is 2.28. The van der Waals surface area contributed by atoms with Crippen LogP contribution >= 0.6 is 24.2 Å². The Morgan fingerprint density at radius 1 is 1.42 bits per heavy atom. The molecule has 1 amide bonds. The first kappa shape index (κ1) is 14.7. The molecule has 0 saturated carbocycles. The number of rotatable bonds is 1. The number of hydrogen-bond acceptors (Lipinski definition) is 3. The van der Waals surface area contributed by atoms with Gasteiger partial charge in [-0.25, -0.2) is 0 Å². The number of carbonyl (C=O) groups excluding carboxylic acids is 1.